The van der Waals surface area contributed by atoms with Crippen molar-refractivity contribution >= 4 is 28.8 Å². The van der Waals surface area contributed by atoms with Crippen LogP contribution < -0.4 is 21.0 Å². The minimum absolute atomic E-state index is 0.00292. The van der Waals surface area contributed by atoms with E-state index in [2.05, 4.69) is 10.9 Å². The molecule has 0 fully saturated rings. The molecule has 9 heteroatoms. The average molecular weight is 486 g/mol. The largest absolute Gasteiger partial charge is 0.497 e. The summed E-state index contributed by atoms with van der Waals surface area (Å²) >= 11 is 0. The van der Waals surface area contributed by atoms with Crippen LogP contribution in [0.2, 0.25) is 0 Å². The number of benzene rings is 3. The van der Waals surface area contributed by atoms with Crippen LogP contribution >= 0.6 is 0 Å². The van der Waals surface area contributed by atoms with Crippen molar-refractivity contribution in [1.29, 1.82) is 0 Å². The van der Waals surface area contributed by atoms with Crippen LogP contribution in [-0.4, -0.2) is 31.5 Å². The summed E-state index contributed by atoms with van der Waals surface area (Å²) < 4.78 is 16.1. The van der Waals surface area contributed by atoms with Gasteiger partial charge in [-0.05, 0) is 43.3 Å². The number of fused-ring (bicyclic) bond motifs is 1. The molecule has 182 valence electrons. The van der Waals surface area contributed by atoms with Crippen molar-refractivity contribution < 1.29 is 28.3 Å². The lowest BCUT2D eigenvalue weighted by atomic mass is 10.0. The van der Waals surface area contributed by atoms with Crippen LogP contribution in [-0.2, 0) is 9.53 Å². The lowest BCUT2D eigenvalue weighted by Crippen LogP contribution is -2.43. The summed E-state index contributed by atoms with van der Waals surface area (Å²) in [6.45, 7) is 0.989. The Morgan fingerprint density at radius 1 is 0.889 bits per heavy atom. The van der Waals surface area contributed by atoms with Gasteiger partial charge in [0.15, 0.2) is 17.6 Å². The molecule has 4 rings (SSSR count). The maximum absolute atomic E-state index is 12.9. The first-order valence-electron chi connectivity index (χ1n) is 10.9. The molecular weight excluding hydrogens is 464 g/mol. The quantitative estimate of drug-likeness (QED) is 0.316. The molecule has 0 aliphatic carbocycles. The van der Waals surface area contributed by atoms with Crippen molar-refractivity contribution in [1.82, 2.24) is 10.9 Å². The van der Waals surface area contributed by atoms with Crippen LogP contribution in [0.5, 0.6) is 5.75 Å². The van der Waals surface area contributed by atoms with E-state index in [-0.39, 0.29) is 22.0 Å². The number of amides is 2. The minimum Gasteiger partial charge on any atom is -0.497 e. The summed E-state index contributed by atoms with van der Waals surface area (Å²) in [6, 6.07) is 19.8. The number of esters is 1. The molecule has 0 saturated carbocycles. The zero-order chi connectivity index (χ0) is 25.7. The number of carbonyl (C=O) groups is 3. The highest BCUT2D eigenvalue weighted by atomic mass is 16.5. The van der Waals surface area contributed by atoms with Crippen LogP contribution in [0.3, 0.4) is 0 Å². The first-order valence-corrected chi connectivity index (χ1v) is 10.9. The van der Waals surface area contributed by atoms with Gasteiger partial charge < -0.3 is 13.9 Å². The molecule has 2 N–H and O–H groups in total. The Bertz CT molecular complexity index is 1490. The molecule has 0 aliphatic heterocycles. The third-order valence-corrected chi connectivity index (χ3v) is 5.40. The topological polar surface area (TPSA) is 124 Å². The van der Waals surface area contributed by atoms with Gasteiger partial charge >= 0.3 is 5.97 Å². The Kier molecular flexibility index (Phi) is 7.10. The predicted octanol–water partition coefficient (Wildman–Crippen LogP) is 3.40. The fourth-order valence-electron chi connectivity index (χ4n) is 3.52. The molecule has 0 unspecified atom stereocenters. The second-order valence-corrected chi connectivity index (χ2v) is 7.74. The van der Waals surface area contributed by atoms with Gasteiger partial charge in [0.25, 0.3) is 11.8 Å². The summed E-state index contributed by atoms with van der Waals surface area (Å²) in [4.78, 5) is 50.0. The molecule has 0 bridgehead atoms. The maximum atomic E-state index is 12.9. The smallest absolute Gasteiger partial charge is 0.342 e. The highest BCUT2D eigenvalue weighted by Crippen LogP contribution is 2.27. The van der Waals surface area contributed by atoms with Crippen molar-refractivity contribution in [2.45, 2.75) is 6.92 Å². The first kappa shape index (κ1) is 24.2. The van der Waals surface area contributed by atoms with Crippen LogP contribution in [0.1, 0.15) is 26.3 Å². The summed E-state index contributed by atoms with van der Waals surface area (Å²) in [7, 11) is 1.51. The standard InChI is InChI=1S/C27H22N2O7/c1-16-23(31)20-9-6-10-21(25(20)36-24(16)17-7-4-3-5-8-17)27(33)35-15-22(30)28-29-26(32)18-11-13-19(34-2)14-12-18/h3-14H,15H2,1-2H3,(H,28,30)(H,29,32). The van der Waals surface area contributed by atoms with Gasteiger partial charge in [0.2, 0.25) is 0 Å². The number of rotatable bonds is 6. The summed E-state index contributed by atoms with van der Waals surface area (Å²) in [6.07, 6.45) is 0. The summed E-state index contributed by atoms with van der Waals surface area (Å²) in [5.74, 6) is -1.25. The fourth-order valence-corrected chi connectivity index (χ4v) is 3.52. The summed E-state index contributed by atoms with van der Waals surface area (Å²) in [5, 5.41) is 0.220. The Balaban J connectivity index is 1.46. The number of carbonyl (C=O) groups excluding carboxylic acids is 3. The van der Waals surface area contributed by atoms with Crippen molar-refractivity contribution in [2.24, 2.45) is 0 Å². The van der Waals surface area contributed by atoms with E-state index in [1.165, 1.54) is 31.4 Å². The second kappa shape index (κ2) is 10.6. The first-order chi connectivity index (χ1) is 17.4. The number of hydrogen-bond acceptors (Lipinski definition) is 7. The maximum Gasteiger partial charge on any atom is 0.342 e. The normalized spacial score (nSPS) is 10.5. The third kappa shape index (κ3) is 5.10. The number of hydrogen-bond donors (Lipinski definition) is 2. The average Bonchev–Trinajstić information content (AvgIpc) is 2.92. The van der Waals surface area contributed by atoms with Gasteiger partial charge in [-0.1, -0.05) is 36.4 Å². The number of hydrazine groups is 1. The molecule has 4 aromatic rings. The molecule has 0 spiro atoms. The number of nitrogens with one attached hydrogen (secondary N) is 2. The van der Waals surface area contributed by atoms with Gasteiger partial charge in [-0.3, -0.25) is 25.2 Å². The summed E-state index contributed by atoms with van der Waals surface area (Å²) in [5.41, 5.74) is 5.59. The fraction of sp³-hybridized carbons (Fsp3) is 0.111. The van der Waals surface area contributed by atoms with Crippen molar-refractivity contribution in [3.05, 3.63) is 99.7 Å². The molecule has 1 heterocycles. The number of ether oxygens (including phenoxy) is 2. The van der Waals surface area contributed by atoms with Gasteiger partial charge in [0, 0.05) is 16.7 Å². The van der Waals surface area contributed by atoms with Gasteiger partial charge in [-0.15, -0.1) is 0 Å². The van der Waals surface area contributed by atoms with E-state index in [1.807, 2.05) is 18.2 Å². The number of para-hydroxylation sites is 1. The van der Waals surface area contributed by atoms with Gasteiger partial charge in [0.05, 0.1) is 12.5 Å². The zero-order valence-corrected chi connectivity index (χ0v) is 19.5. The molecule has 0 saturated heterocycles. The molecule has 36 heavy (non-hydrogen) atoms. The van der Waals surface area contributed by atoms with Gasteiger partial charge in [-0.25, -0.2) is 4.79 Å². The minimum atomic E-state index is -0.858. The van der Waals surface area contributed by atoms with Gasteiger partial charge in [-0.2, -0.15) is 0 Å². The van der Waals surface area contributed by atoms with Crippen LogP contribution in [0.4, 0.5) is 0 Å². The lowest BCUT2D eigenvalue weighted by Gasteiger charge is -2.11. The Morgan fingerprint density at radius 2 is 1.61 bits per heavy atom. The van der Waals surface area contributed by atoms with E-state index in [1.54, 1.807) is 37.3 Å². The molecule has 0 aliphatic rings. The highest BCUT2D eigenvalue weighted by Gasteiger charge is 2.20. The van der Waals surface area contributed by atoms with E-state index in [0.717, 1.165) is 0 Å². The van der Waals surface area contributed by atoms with Crippen LogP contribution in [0, 0.1) is 6.92 Å². The SMILES string of the molecule is COc1ccc(C(=O)NNC(=O)COC(=O)c2cccc3c(=O)c(C)c(-c4ccccc4)oc23)cc1. The van der Waals surface area contributed by atoms with Gasteiger partial charge in [0.1, 0.15) is 17.1 Å². The van der Waals surface area contributed by atoms with Crippen molar-refractivity contribution in [2.75, 3.05) is 13.7 Å². The second-order valence-electron chi connectivity index (χ2n) is 7.74. The zero-order valence-electron chi connectivity index (χ0n) is 19.5. The van der Waals surface area contributed by atoms with Crippen molar-refractivity contribution in [3.8, 4) is 17.1 Å². The van der Waals surface area contributed by atoms with E-state index in [0.29, 0.717) is 28.2 Å². The Morgan fingerprint density at radius 3 is 2.31 bits per heavy atom. The van der Waals surface area contributed by atoms with E-state index in [9.17, 15) is 19.2 Å². The van der Waals surface area contributed by atoms with Crippen LogP contribution in [0.15, 0.2) is 82.0 Å². The molecule has 1 aromatic heterocycles. The molecule has 2 amide bonds. The highest BCUT2D eigenvalue weighted by molar-refractivity contribution is 6.03. The third-order valence-electron chi connectivity index (χ3n) is 5.40. The predicted molar refractivity (Wildman–Crippen MR) is 132 cm³/mol. The lowest BCUT2D eigenvalue weighted by molar-refractivity contribution is -0.125. The van der Waals surface area contributed by atoms with Crippen molar-refractivity contribution in [3.63, 3.8) is 0 Å². The molecule has 9 nitrogen and oxygen atoms in total. The van der Waals surface area contributed by atoms with Crippen LogP contribution in [0.25, 0.3) is 22.3 Å². The monoisotopic (exact) mass is 486 g/mol. The van der Waals surface area contributed by atoms with E-state index >= 15 is 0 Å². The number of methoxy groups -OCH3 is 1. The molecule has 3 aromatic carbocycles. The Labute approximate surface area is 205 Å². The molecule has 0 radical (unpaired) electrons. The van der Waals surface area contributed by atoms with E-state index in [4.69, 9.17) is 13.9 Å². The Hall–Kier alpha value is -4.92. The van der Waals surface area contributed by atoms with E-state index < -0.39 is 24.4 Å². The molecular formula is C27H22N2O7. The molecule has 0 atom stereocenters.